The summed E-state index contributed by atoms with van der Waals surface area (Å²) in [6, 6.07) is 8.48. The summed E-state index contributed by atoms with van der Waals surface area (Å²) in [5, 5.41) is 5.59. The summed E-state index contributed by atoms with van der Waals surface area (Å²) in [5.41, 5.74) is 1.23. The highest BCUT2D eigenvalue weighted by molar-refractivity contribution is 9.11. The molecule has 2 rings (SSSR count). The number of hydrogen-bond acceptors (Lipinski definition) is 3. The topological polar surface area (TPSA) is 21.3 Å². The van der Waals surface area contributed by atoms with E-state index >= 15 is 0 Å². The molecule has 20 heavy (non-hydrogen) atoms. The molecule has 0 amide bonds. The average Bonchev–Trinajstić information content (AvgIpc) is 2.92. The molecule has 0 aliphatic rings. The maximum atomic E-state index is 5.58. The molecule has 0 saturated carbocycles. The van der Waals surface area contributed by atoms with Gasteiger partial charge in [-0.3, -0.25) is 0 Å². The van der Waals surface area contributed by atoms with E-state index in [9.17, 15) is 0 Å². The molecule has 0 saturated heterocycles. The van der Waals surface area contributed by atoms with Crippen LogP contribution in [0, 0.1) is 0 Å². The fourth-order valence-electron chi connectivity index (χ4n) is 1.90. The highest BCUT2D eigenvalue weighted by Gasteiger charge is 2.08. The molecule has 0 fully saturated rings. The number of thiophene rings is 1. The van der Waals surface area contributed by atoms with Crippen LogP contribution in [-0.4, -0.2) is 13.2 Å². The largest absolute Gasteiger partial charge is 0.492 e. The van der Waals surface area contributed by atoms with Crippen LogP contribution in [0.5, 0.6) is 5.75 Å². The lowest BCUT2D eigenvalue weighted by Gasteiger charge is -2.11. The molecule has 5 heteroatoms. The predicted molar refractivity (Wildman–Crippen MR) is 92.7 cm³/mol. The van der Waals surface area contributed by atoms with E-state index in [0.717, 1.165) is 34.2 Å². The summed E-state index contributed by atoms with van der Waals surface area (Å²) < 4.78 is 7.56. The quantitative estimate of drug-likeness (QED) is 0.638. The molecule has 1 heterocycles. The Morgan fingerprint density at radius 1 is 1.25 bits per heavy atom. The van der Waals surface area contributed by atoms with E-state index in [4.69, 9.17) is 4.74 Å². The third-order valence-corrected chi connectivity index (χ3v) is 4.92. The van der Waals surface area contributed by atoms with Crippen LogP contribution >= 0.6 is 43.2 Å². The van der Waals surface area contributed by atoms with E-state index in [0.29, 0.717) is 6.61 Å². The van der Waals surface area contributed by atoms with Gasteiger partial charge in [0.2, 0.25) is 0 Å². The number of benzene rings is 1. The third kappa shape index (κ3) is 4.58. The summed E-state index contributed by atoms with van der Waals surface area (Å²) in [7, 11) is 0. The second-order valence-corrected chi connectivity index (χ2v) is 7.07. The number of rotatable bonds is 7. The van der Waals surface area contributed by atoms with Gasteiger partial charge in [-0.1, -0.05) is 6.07 Å². The lowest BCUT2D eigenvalue weighted by atomic mass is 10.2. The Balaban J connectivity index is 1.86. The van der Waals surface area contributed by atoms with E-state index in [2.05, 4.69) is 66.8 Å². The van der Waals surface area contributed by atoms with E-state index in [1.807, 2.05) is 18.3 Å². The summed E-state index contributed by atoms with van der Waals surface area (Å²) in [4.78, 5) is 1.42. The van der Waals surface area contributed by atoms with Crippen LogP contribution < -0.4 is 10.1 Å². The van der Waals surface area contributed by atoms with E-state index in [1.54, 1.807) is 0 Å². The Morgan fingerprint density at radius 2 is 2.00 bits per heavy atom. The third-order valence-electron chi connectivity index (χ3n) is 2.80. The van der Waals surface area contributed by atoms with Crippen molar-refractivity contribution in [3.8, 4) is 5.75 Å². The highest BCUT2D eigenvalue weighted by Crippen LogP contribution is 2.34. The molecule has 1 N–H and O–H groups in total. The molecule has 0 aliphatic heterocycles. The van der Waals surface area contributed by atoms with Crippen molar-refractivity contribution >= 4 is 43.2 Å². The molecule has 0 spiro atoms. The molecule has 0 unspecified atom stereocenters. The Bertz CT molecular complexity index is 520. The molecule has 108 valence electrons. The minimum atomic E-state index is 0.662. The van der Waals surface area contributed by atoms with Crippen molar-refractivity contribution in [2.45, 2.75) is 19.9 Å². The van der Waals surface area contributed by atoms with Gasteiger partial charge in [-0.05, 0) is 74.3 Å². The Hall–Kier alpha value is -0.360. The molecule has 2 nitrogen and oxygen atoms in total. The SMILES string of the molecule is CCOc1c(Br)cc(CNCCc2cccs2)cc1Br. The average molecular weight is 419 g/mol. The van der Waals surface area contributed by atoms with E-state index in [-0.39, 0.29) is 0 Å². The minimum absolute atomic E-state index is 0.662. The molecular weight excluding hydrogens is 402 g/mol. The summed E-state index contributed by atoms with van der Waals surface area (Å²) in [6.45, 7) is 4.49. The van der Waals surface area contributed by atoms with Gasteiger partial charge in [-0.25, -0.2) is 0 Å². The number of hydrogen-bond donors (Lipinski definition) is 1. The lowest BCUT2D eigenvalue weighted by molar-refractivity contribution is 0.336. The zero-order valence-electron chi connectivity index (χ0n) is 11.3. The van der Waals surface area contributed by atoms with Crippen LogP contribution in [-0.2, 0) is 13.0 Å². The normalized spacial score (nSPS) is 10.8. The van der Waals surface area contributed by atoms with E-state index < -0.39 is 0 Å². The maximum Gasteiger partial charge on any atom is 0.147 e. The molecule has 1 aromatic carbocycles. The molecule has 0 atom stereocenters. The van der Waals surface area contributed by atoms with Crippen molar-refractivity contribution in [1.29, 1.82) is 0 Å². The van der Waals surface area contributed by atoms with E-state index in [1.165, 1.54) is 10.4 Å². The zero-order chi connectivity index (χ0) is 14.4. The smallest absolute Gasteiger partial charge is 0.147 e. The van der Waals surface area contributed by atoms with Gasteiger partial charge >= 0.3 is 0 Å². The molecule has 0 aliphatic carbocycles. The zero-order valence-corrected chi connectivity index (χ0v) is 15.3. The van der Waals surface area contributed by atoms with Gasteiger partial charge in [-0.2, -0.15) is 0 Å². The van der Waals surface area contributed by atoms with Gasteiger partial charge in [0.25, 0.3) is 0 Å². The number of nitrogens with one attached hydrogen (secondary N) is 1. The van der Waals surface area contributed by atoms with Crippen molar-refractivity contribution in [2.75, 3.05) is 13.2 Å². The van der Waals surface area contributed by atoms with Gasteiger partial charge in [-0.15, -0.1) is 11.3 Å². The fourth-order valence-corrected chi connectivity index (χ4v) is 4.11. The van der Waals surface area contributed by atoms with Crippen LogP contribution in [0.3, 0.4) is 0 Å². The fraction of sp³-hybridized carbons (Fsp3) is 0.333. The molecule has 0 radical (unpaired) electrons. The summed E-state index contributed by atoms with van der Waals surface area (Å²) in [6.07, 6.45) is 1.08. The molecule has 0 bridgehead atoms. The lowest BCUT2D eigenvalue weighted by Crippen LogP contribution is -2.16. The van der Waals surface area contributed by atoms with Gasteiger partial charge in [0.15, 0.2) is 0 Å². The second-order valence-electron chi connectivity index (χ2n) is 4.33. The van der Waals surface area contributed by atoms with Crippen LogP contribution in [0.4, 0.5) is 0 Å². The second kappa shape index (κ2) is 8.17. The Morgan fingerprint density at radius 3 is 2.60 bits per heavy atom. The first-order chi connectivity index (χ1) is 9.70. The standard InChI is InChI=1S/C15H17Br2NOS/c1-2-19-15-13(16)8-11(9-14(15)17)10-18-6-5-12-4-3-7-20-12/h3-4,7-9,18H,2,5-6,10H2,1H3. The first-order valence-corrected chi connectivity index (χ1v) is 9.01. The predicted octanol–water partition coefficient (Wildman–Crippen LogP) is 5.00. The van der Waals surface area contributed by atoms with Gasteiger partial charge in [0.1, 0.15) is 5.75 Å². The number of ether oxygens (including phenoxy) is 1. The molecule has 1 aromatic heterocycles. The van der Waals surface area contributed by atoms with Crippen molar-refractivity contribution in [3.63, 3.8) is 0 Å². The Kier molecular flexibility index (Phi) is 6.55. The van der Waals surface area contributed by atoms with Gasteiger partial charge in [0, 0.05) is 18.0 Å². The summed E-state index contributed by atoms with van der Waals surface area (Å²) in [5.74, 6) is 0.870. The first kappa shape index (κ1) is 16.0. The molecular formula is C15H17Br2NOS. The molecule has 2 aromatic rings. The van der Waals surface area contributed by atoms with Gasteiger partial charge in [0.05, 0.1) is 15.6 Å². The monoisotopic (exact) mass is 417 g/mol. The highest BCUT2D eigenvalue weighted by atomic mass is 79.9. The minimum Gasteiger partial charge on any atom is -0.492 e. The van der Waals surface area contributed by atoms with Crippen molar-refractivity contribution in [1.82, 2.24) is 5.32 Å². The first-order valence-electron chi connectivity index (χ1n) is 6.54. The van der Waals surface area contributed by atoms with Crippen LogP contribution in [0.25, 0.3) is 0 Å². The van der Waals surface area contributed by atoms with Crippen LogP contribution in [0.2, 0.25) is 0 Å². The van der Waals surface area contributed by atoms with Crippen molar-refractivity contribution < 1.29 is 4.74 Å². The Labute approximate surface area is 140 Å². The van der Waals surface area contributed by atoms with Crippen LogP contribution in [0.1, 0.15) is 17.4 Å². The van der Waals surface area contributed by atoms with Crippen molar-refractivity contribution in [3.05, 3.63) is 49.0 Å². The van der Waals surface area contributed by atoms with Crippen LogP contribution in [0.15, 0.2) is 38.6 Å². The summed E-state index contributed by atoms with van der Waals surface area (Å²) >= 11 is 8.93. The van der Waals surface area contributed by atoms with Crippen molar-refractivity contribution in [2.24, 2.45) is 0 Å². The number of halogens is 2. The maximum absolute atomic E-state index is 5.58. The van der Waals surface area contributed by atoms with Gasteiger partial charge < -0.3 is 10.1 Å².